The van der Waals surface area contributed by atoms with Gasteiger partial charge in [-0.1, -0.05) is 0 Å². The van der Waals surface area contributed by atoms with E-state index in [2.05, 4.69) is 4.74 Å². The van der Waals surface area contributed by atoms with Crippen LogP contribution in [0, 0.1) is 29.1 Å². The summed E-state index contributed by atoms with van der Waals surface area (Å²) in [6.45, 7) is 2.80. The maximum absolute atomic E-state index is 12.9. The van der Waals surface area contributed by atoms with Crippen LogP contribution in [0.4, 0.5) is 22.0 Å². The minimum absolute atomic E-state index is 0.696. The molecule has 15 heavy (non-hydrogen) atoms. The molecular weight excluding hydrogens is 219 g/mol. The molecule has 1 nitrogen and oxygen atoms in total. The molecule has 0 saturated carbocycles. The monoisotopic (exact) mass is 226 g/mol. The van der Waals surface area contributed by atoms with E-state index in [9.17, 15) is 22.0 Å². The number of hydrogen-bond donors (Lipinski definition) is 0. The summed E-state index contributed by atoms with van der Waals surface area (Å²) in [4.78, 5) is 0. The van der Waals surface area contributed by atoms with Crippen LogP contribution in [0.5, 0.6) is 5.75 Å². The molecule has 0 bridgehead atoms. The van der Waals surface area contributed by atoms with E-state index in [-0.39, 0.29) is 0 Å². The first kappa shape index (κ1) is 11.7. The van der Waals surface area contributed by atoms with Gasteiger partial charge in [-0.25, -0.2) is 13.2 Å². The molecular formula is C9H7F5O. The molecule has 0 aromatic heterocycles. The van der Waals surface area contributed by atoms with E-state index in [1.165, 1.54) is 13.8 Å². The summed E-state index contributed by atoms with van der Waals surface area (Å²) < 4.78 is 68.1. The van der Waals surface area contributed by atoms with Crippen molar-refractivity contribution in [2.24, 2.45) is 0 Å². The standard InChI is InChI=1S/C9H7F5O/c1-3(2)15-9-7(13)5(11)4(10)6(12)8(9)14/h3H,1-2H3. The molecule has 0 amide bonds. The normalized spacial score (nSPS) is 10.9. The number of rotatable bonds is 2. The summed E-state index contributed by atoms with van der Waals surface area (Å²) in [5, 5.41) is 0. The number of halogens is 5. The summed E-state index contributed by atoms with van der Waals surface area (Å²) in [6, 6.07) is 0. The molecule has 0 aliphatic carbocycles. The van der Waals surface area contributed by atoms with Crippen LogP contribution in [0.3, 0.4) is 0 Å². The van der Waals surface area contributed by atoms with Crippen molar-refractivity contribution >= 4 is 0 Å². The quantitative estimate of drug-likeness (QED) is 0.427. The lowest BCUT2D eigenvalue weighted by Gasteiger charge is -2.12. The van der Waals surface area contributed by atoms with Gasteiger partial charge in [0.1, 0.15) is 0 Å². The first-order valence-corrected chi connectivity index (χ1v) is 4.04. The number of benzene rings is 1. The third-order valence-corrected chi connectivity index (χ3v) is 1.52. The van der Waals surface area contributed by atoms with Crippen molar-refractivity contribution in [2.75, 3.05) is 0 Å². The highest BCUT2D eigenvalue weighted by atomic mass is 19.2. The van der Waals surface area contributed by atoms with Crippen LogP contribution in [0.2, 0.25) is 0 Å². The lowest BCUT2D eigenvalue weighted by atomic mass is 10.2. The van der Waals surface area contributed by atoms with Crippen LogP contribution in [-0.4, -0.2) is 6.10 Å². The van der Waals surface area contributed by atoms with Gasteiger partial charge in [-0.3, -0.25) is 0 Å². The van der Waals surface area contributed by atoms with Crippen molar-refractivity contribution in [1.82, 2.24) is 0 Å². The molecule has 0 fully saturated rings. The average molecular weight is 226 g/mol. The minimum atomic E-state index is -2.19. The molecule has 0 saturated heterocycles. The molecule has 6 heteroatoms. The minimum Gasteiger partial charge on any atom is -0.485 e. The van der Waals surface area contributed by atoms with Crippen molar-refractivity contribution < 1.29 is 26.7 Å². The van der Waals surface area contributed by atoms with Crippen molar-refractivity contribution in [3.8, 4) is 5.75 Å². The van der Waals surface area contributed by atoms with Crippen molar-refractivity contribution in [1.29, 1.82) is 0 Å². The van der Waals surface area contributed by atoms with E-state index < -0.39 is 40.9 Å². The molecule has 1 aromatic rings. The van der Waals surface area contributed by atoms with E-state index >= 15 is 0 Å². The third-order valence-electron chi connectivity index (χ3n) is 1.52. The Kier molecular flexibility index (Phi) is 3.16. The molecule has 0 spiro atoms. The first-order chi connectivity index (χ1) is 6.86. The molecule has 0 heterocycles. The highest BCUT2D eigenvalue weighted by Crippen LogP contribution is 2.29. The fraction of sp³-hybridized carbons (Fsp3) is 0.333. The fourth-order valence-corrected chi connectivity index (χ4v) is 0.924. The van der Waals surface area contributed by atoms with Gasteiger partial charge in [0.05, 0.1) is 6.10 Å². The van der Waals surface area contributed by atoms with Crippen LogP contribution in [-0.2, 0) is 0 Å². The summed E-state index contributed by atoms with van der Waals surface area (Å²) in [7, 11) is 0. The van der Waals surface area contributed by atoms with Crippen molar-refractivity contribution in [3.63, 3.8) is 0 Å². The van der Waals surface area contributed by atoms with E-state index in [1.54, 1.807) is 0 Å². The Morgan fingerprint density at radius 2 is 1.07 bits per heavy atom. The van der Waals surface area contributed by atoms with Gasteiger partial charge in [0.25, 0.3) is 0 Å². The maximum atomic E-state index is 12.9. The Hall–Kier alpha value is -1.33. The molecule has 0 N–H and O–H groups in total. The summed E-state index contributed by atoms with van der Waals surface area (Å²) in [5.41, 5.74) is 0. The number of hydrogen-bond acceptors (Lipinski definition) is 1. The summed E-state index contributed by atoms with van der Waals surface area (Å²) >= 11 is 0. The zero-order valence-electron chi connectivity index (χ0n) is 7.88. The highest BCUT2D eigenvalue weighted by Gasteiger charge is 2.27. The highest BCUT2D eigenvalue weighted by molar-refractivity contribution is 5.29. The summed E-state index contributed by atoms with van der Waals surface area (Å²) in [6.07, 6.45) is -0.696. The van der Waals surface area contributed by atoms with Gasteiger partial charge in [0.15, 0.2) is 5.75 Å². The van der Waals surface area contributed by atoms with Crippen LogP contribution < -0.4 is 4.74 Å². The molecule has 1 rings (SSSR count). The van der Waals surface area contributed by atoms with E-state index in [1.807, 2.05) is 0 Å². The van der Waals surface area contributed by atoms with Crippen LogP contribution in [0.25, 0.3) is 0 Å². The molecule has 0 unspecified atom stereocenters. The molecule has 84 valence electrons. The van der Waals surface area contributed by atoms with Gasteiger partial charge >= 0.3 is 0 Å². The van der Waals surface area contributed by atoms with Gasteiger partial charge in [-0.15, -0.1) is 0 Å². The van der Waals surface area contributed by atoms with Crippen molar-refractivity contribution in [3.05, 3.63) is 29.1 Å². The Labute approximate surface area is 82.5 Å². The largest absolute Gasteiger partial charge is 0.485 e. The Bertz CT molecular complexity index is 360. The van der Waals surface area contributed by atoms with E-state index in [0.29, 0.717) is 0 Å². The second-order valence-corrected chi connectivity index (χ2v) is 3.07. The first-order valence-electron chi connectivity index (χ1n) is 4.04. The van der Waals surface area contributed by atoms with Crippen LogP contribution in [0.15, 0.2) is 0 Å². The SMILES string of the molecule is CC(C)Oc1c(F)c(F)c(F)c(F)c1F. The molecule has 0 atom stereocenters. The second kappa shape index (κ2) is 4.04. The Balaban J connectivity index is 3.39. The Morgan fingerprint density at radius 1 is 0.733 bits per heavy atom. The predicted octanol–water partition coefficient (Wildman–Crippen LogP) is 3.17. The average Bonchev–Trinajstić information content (AvgIpc) is 2.18. The third kappa shape index (κ3) is 2.03. The zero-order chi connectivity index (χ0) is 11.7. The fourth-order valence-electron chi connectivity index (χ4n) is 0.924. The smallest absolute Gasteiger partial charge is 0.206 e. The Morgan fingerprint density at radius 3 is 1.40 bits per heavy atom. The maximum Gasteiger partial charge on any atom is 0.206 e. The van der Waals surface area contributed by atoms with Gasteiger partial charge in [-0.2, -0.15) is 8.78 Å². The summed E-state index contributed by atoms with van der Waals surface area (Å²) in [5.74, 6) is -11.4. The molecule has 1 aromatic carbocycles. The van der Waals surface area contributed by atoms with Crippen LogP contribution >= 0.6 is 0 Å². The van der Waals surface area contributed by atoms with Crippen LogP contribution in [0.1, 0.15) is 13.8 Å². The topological polar surface area (TPSA) is 9.23 Å². The van der Waals surface area contributed by atoms with E-state index in [4.69, 9.17) is 0 Å². The van der Waals surface area contributed by atoms with Gasteiger partial charge < -0.3 is 4.74 Å². The second-order valence-electron chi connectivity index (χ2n) is 3.07. The van der Waals surface area contributed by atoms with Crippen molar-refractivity contribution in [2.45, 2.75) is 20.0 Å². The van der Waals surface area contributed by atoms with Gasteiger partial charge in [0, 0.05) is 0 Å². The molecule has 0 aliphatic rings. The number of ether oxygens (including phenoxy) is 1. The van der Waals surface area contributed by atoms with Gasteiger partial charge in [0.2, 0.25) is 29.1 Å². The zero-order valence-corrected chi connectivity index (χ0v) is 7.88. The lowest BCUT2D eigenvalue weighted by molar-refractivity contribution is 0.208. The lowest BCUT2D eigenvalue weighted by Crippen LogP contribution is -2.12. The molecule has 0 radical (unpaired) electrons. The predicted molar refractivity (Wildman–Crippen MR) is 42.0 cm³/mol. The van der Waals surface area contributed by atoms with E-state index in [0.717, 1.165) is 0 Å². The van der Waals surface area contributed by atoms with Gasteiger partial charge in [-0.05, 0) is 13.8 Å². The molecule has 0 aliphatic heterocycles.